The van der Waals surface area contributed by atoms with E-state index in [1.807, 2.05) is 0 Å². The smallest absolute Gasteiger partial charge is 0.341 e. The molecule has 0 saturated heterocycles. The van der Waals surface area contributed by atoms with Gasteiger partial charge in [0.2, 0.25) is 5.91 Å². The van der Waals surface area contributed by atoms with Crippen LogP contribution in [0.25, 0.3) is 0 Å². The standard InChI is InChI=1S/C22H31NO5S/c1-2-28-22(27)18-16-12-6-4-3-5-7-13-17(16)29-20(18)23-19(24)14-10-8-9-11-15(14)21(25)26/h14-15H,2-13H2,1H3,(H,23,24)(H,25,26)/t14-,15+/m0/s1. The predicted molar refractivity (Wildman–Crippen MR) is 112 cm³/mol. The second-order valence-corrected chi connectivity index (χ2v) is 9.13. The maximum atomic E-state index is 13.0. The van der Waals surface area contributed by atoms with Crippen LogP contribution >= 0.6 is 11.3 Å². The van der Waals surface area contributed by atoms with Crippen LogP contribution in [0.1, 0.15) is 85.5 Å². The van der Waals surface area contributed by atoms with Crippen molar-refractivity contribution in [3.8, 4) is 0 Å². The van der Waals surface area contributed by atoms with E-state index in [0.717, 1.165) is 55.4 Å². The Labute approximate surface area is 176 Å². The maximum absolute atomic E-state index is 13.0. The molecule has 0 aromatic carbocycles. The summed E-state index contributed by atoms with van der Waals surface area (Å²) in [5, 5.41) is 13.0. The van der Waals surface area contributed by atoms with Gasteiger partial charge in [-0.2, -0.15) is 0 Å². The van der Waals surface area contributed by atoms with Crippen molar-refractivity contribution in [3.63, 3.8) is 0 Å². The molecule has 7 heteroatoms. The summed E-state index contributed by atoms with van der Waals surface area (Å²) in [6, 6.07) is 0. The molecular weight excluding hydrogens is 390 g/mol. The number of fused-ring (bicyclic) bond motifs is 1. The van der Waals surface area contributed by atoms with E-state index < -0.39 is 23.8 Å². The lowest BCUT2D eigenvalue weighted by Gasteiger charge is -2.27. The highest BCUT2D eigenvalue weighted by atomic mass is 32.1. The monoisotopic (exact) mass is 421 g/mol. The van der Waals surface area contributed by atoms with Gasteiger partial charge in [-0.15, -0.1) is 11.3 Å². The largest absolute Gasteiger partial charge is 0.481 e. The molecule has 1 amide bonds. The van der Waals surface area contributed by atoms with Crippen LogP contribution < -0.4 is 5.32 Å². The molecule has 2 N–H and O–H groups in total. The van der Waals surface area contributed by atoms with Gasteiger partial charge >= 0.3 is 11.9 Å². The van der Waals surface area contributed by atoms with Crippen molar-refractivity contribution in [3.05, 3.63) is 16.0 Å². The summed E-state index contributed by atoms with van der Waals surface area (Å²) in [6.07, 6.45) is 10.1. The summed E-state index contributed by atoms with van der Waals surface area (Å²) in [4.78, 5) is 38.5. The number of rotatable bonds is 5. The summed E-state index contributed by atoms with van der Waals surface area (Å²) >= 11 is 1.47. The van der Waals surface area contributed by atoms with Gasteiger partial charge in [0.25, 0.3) is 0 Å². The van der Waals surface area contributed by atoms with E-state index in [4.69, 9.17) is 4.74 Å². The number of carbonyl (C=O) groups excluding carboxylic acids is 2. The van der Waals surface area contributed by atoms with Gasteiger partial charge in [0.05, 0.1) is 24.0 Å². The number of aryl methyl sites for hydroxylation is 1. The van der Waals surface area contributed by atoms with Gasteiger partial charge in [0, 0.05) is 4.88 Å². The molecule has 1 aromatic heterocycles. The zero-order valence-electron chi connectivity index (χ0n) is 17.1. The SMILES string of the molecule is CCOC(=O)c1c(NC(=O)[C@H]2CCCC[C@H]2C(=O)O)sc2c1CCCCCCC2. The second kappa shape index (κ2) is 10.2. The molecule has 0 unspecified atom stereocenters. The molecule has 2 aliphatic rings. The van der Waals surface area contributed by atoms with Crippen LogP contribution in [0.5, 0.6) is 0 Å². The Kier molecular flexibility index (Phi) is 7.70. The molecule has 160 valence electrons. The van der Waals surface area contributed by atoms with Crippen molar-refractivity contribution < 1.29 is 24.2 Å². The first kappa shape index (κ1) is 21.8. The minimum Gasteiger partial charge on any atom is -0.481 e. The second-order valence-electron chi connectivity index (χ2n) is 8.02. The average Bonchev–Trinajstić information content (AvgIpc) is 3.08. The zero-order valence-corrected chi connectivity index (χ0v) is 17.9. The molecule has 1 heterocycles. The first-order chi connectivity index (χ1) is 14.0. The number of aliphatic carboxylic acids is 1. The Morgan fingerprint density at radius 1 is 1.00 bits per heavy atom. The Balaban J connectivity index is 1.89. The van der Waals surface area contributed by atoms with Crippen LogP contribution in [0.15, 0.2) is 0 Å². The van der Waals surface area contributed by atoms with Crippen molar-refractivity contribution in [2.24, 2.45) is 11.8 Å². The van der Waals surface area contributed by atoms with Crippen LogP contribution in [-0.2, 0) is 27.2 Å². The Hall–Kier alpha value is -1.89. The van der Waals surface area contributed by atoms with Crippen LogP contribution in [-0.4, -0.2) is 29.6 Å². The number of thiophene rings is 1. The lowest BCUT2D eigenvalue weighted by Crippen LogP contribution is -2.36. The number of esters is 1. The van der Waals surface area contributed by atoms with Crippen LogP contribution in [0.4, 0.5) is 5.00 Å². The minimum absolute atomic E-state index is 0.278. The maximum Gasteiger partial charge on any atom is 0.341 e. The van der Waals surface area contributed by atoms with Gasteiger partial charge < -0.3 is 15.2 Å². The molecule has 0 radical (unpaired) electrons. The highest BCUT2D eigenvalue weighted by Crippen LogP contribution is 2.39. The topological polar surface area (TPSA) is 92.7 Å². The average molecular weight is 422 g/mol. The Morgan fingerprint density at radius 3 is 2.34 bits per heavy atom. The summed E-state index contributed by atoms with van der Waals surface area (Å²) < 4.78 is 5.31. The zero-order chi connectivity index (χ0) is 20.8. The number of amides is 1. The van der Waals surface area contributed by atoms with Gasteiger partial charge in [0.1, 0.15) is 5.00 Å². The van der Waals surface area contributed by atoms with Crippen molar-refractivity contribution in [2.75, 3.05) is 11.9 Å². The van der Waals surface area contributed by atoms with E-state index in [1.54, 1.807) is 6.92 Å². The Morgan fingerprint density at radius 2 is 1.66 bits per heavy atom. The van der Waals surface area contributed by atoms with E-state index in [0.29, 0.717) is 23.4 Å². The molecule has 0 aliphatic heterocycles. The predicted octanol–water partition coefficient (Wildman–Crippen LogP) is 4.80. The third kappa shape index (κ3) is 5.18. The molecule has 6 nitrogen and oxygen atoms in total. The molecule has 2 atom stereocenters. The molecule has 1 aromatic rings. The van der Waals surface area contributed by atoms with E-state index in [-0.39, 0.29) is 12.5 Å². The van der Waals surface area contributed by atoms with E-state index in [2.05, 4.69) is 5.32 Å². The number of hydrogen-bond acceptors (Lipinski definition) is 5. The first-order valence-corrected chi connectivity index (χ1v) is 11.7. The van der Waals surface area contributed by atoms with Crippen molar-refractivity contribution in [2.45, 2.75) is 77.6 Å². The van der Waals surface area contributed by atoms with Crippen molar-refractivity contribution in [1.29, 1.82) is 0 Å². The molecule has 1 fully saturated rings. The van der Waals surface area contributed by atoms with Crippen molar-refractivity contribution in [1.82, 2.24) is 0 Å². The highest BCUT2D eigenvalue weighted by Gasteiger charge is 2.37. The number of carboxylic acids is 1. The number of hydrogen-bond donors (Lipinski definition) is 2. The lowest BCUT2D eigenvalue weighted by molar-refractivity contribution is -0.147. The fourth-order valence-corrected chi connectivity index (χ4v) is 5.83. The van der Waals surface area contributed by atoms with Crippen LogP contribution in [0.2, 0.25) is 0 Å². The van der Waals surface area contributed by atoms with Gasteiger partial charge in [-0.05, 0) is 51.0 Å². The third-order valence-corrected chi connectivity index (χ3v) is 7.26. The summed E-state index contributed by atoms with van der Waals surface area (Å²) in [5.41, 5.74) is 1.51. The number of carbonyl (C=O) groups is 3. The normalized spacial score (nSPS) is 22.5. The number of nitrogens with one attached hydrogen (secondary N) is 1. The number of anilines is 1. The van der Waals surface area contributed by atoms with Crippen molar-refractivity contribution >= 4 is 34.2 Å². The molecule has 0 spiro atoms. The van der Waals surface area contributed by atoms with E-state index in [9.17, 15) is 19.5 Å². The highest BCUT2D eigenvalue weighted by molar-refractivity contribution is 7.17. The summed E-state index contributed by atoms with van der Waals surface area (Å²) in [5.74, 6) is -2.79. The fourth-order valence-electron chi connectivity index (χ4n) is 4.55. The molecular formula is C22H31NO5S. The first-order valence-electron chi connectivity index (χ1n) is 10.9. The molecule has 3 rings (SSSR count). The summed E-state index contributed by atoms with van der Waals surface area (Å²) in [6.45, 7) is 2.05. The number of carboxylic acid groups (broad SMARTS) is 1. The minimum atomic E-state index is -0.912. The molecule has 29 heavy (non-hydrogen) atoms. The summed E-state index contributed by atoms with van der Waals surface area (Å²) in [7, 11) is 0. The molecule has 2 aliphatic carbocycles. The van der Waals surface area contributed by atoms with Gasteiger partial charge in [-0.1, -0.05) is 32.1 Å². The van der Waals surface area contributed by atoms with Gasteiger partial charge in [-0.25, -0.2) is 4.79 Å². The van der Waals surface area contributed by atoms with Crippen LogP contribution in [0, 0.1) is 11.8 Å². The fraction of sp³-hybridized carbons (Fsp3) is 0.682. The lowest BCUT2D eigenvalue weighted by atomic mass is 9.79. The van der Waals surface area contributed by atoms with E-state index >= 15 is 0 Å². The molecule has 1 saturated carbocycles. The Bertz CT molecular complexity index is 757. The molecule has 0 bridgehead atoms. The number of ether oxygens (including phenoxy) is 1. The van der Waals surface area contributed by atoms with E-state index in [1.165, 1.54) is 24.2 Å². The third-order valence-electron chi connectivity index (χ3n) is 6.06. The van der Waals surface area contributed by atoms with Crippen LogP contribution in [0.3, 0.4) is 0 Å². The van der Waals surface area contributed by atoms with Gasteiger partial charge in [0.15, 0.2) is 0 Å². The quantitative estimate of drug-likeness (QED) is 0.666. The van der Waals surface area contributed by atoms with Gasteiger partial charge in [-0.3, -0.25) is 9.59 Å².